The van der Waals surface area contributed by atoms with Crippen molar-refractivity contribution < 1.29 is 14.1 Å². The summed E-state index contributed by atoms with van der Waals surface area (Å²) in [6.45, 7) is 1.59. The van der Waals surface area contributed by atoms with Gasteiger partial charge in [-0.2, -0.15) is 0 Å². The molecule has 1 aromatic carbocycles. The van der Waals surface area contributed by atoms with E-state index < -0.39 is 10.7 Å². The van der Waals surface area contributed by atoms with Crippen molar-refractivity contribution in [2.45, 2.75) is 19.1 Å². The van der Waals surface area contributed by atoms with E-state index in [9.17, 15) is 14.5 Å². The molecule has 7 heteroatoms. The van der Waals surface area contributed by atoms with E-state index in [-0.39, 0.29) is 11.8 Å². The monoisotopic (exact) mass is 317 g/mol. The van der Waals surface area contributed by atoms with Gasteiger partial charge in [-0.1, -0.05) is 6.07 Å². The Hall–Kier alpha value is -2.54. The first kappa shape index (κ1) is 15.4. The van der Waals surface area contributed by atoms with E-state index in [4.69, 9.17) is 4.74 Å². The number of hydrogen-bond donors (Lipinski definition) is 0. The zero-order valence-electron chi connectivity index (χ0n) is 12.4. The number of ether oxygens (including phenoxy) is 1. The van der Waals surface area contributed by atoms with Crippen LogP contribution in [-0.4, -0.2) is 29.1 Å². The van der Waals surface area contributed by atoms with Crippen LogP contribution in [0.4, 0.5) is 15.8 Å². The number of aromatic nitrogens is 1. The molecule has 0 N–H and O–H groups in total. The van der Waals surface area contributed by atoms with Crippen LogP contribution in [0.15, 0.2) is 42.6 Å². The summed E-state index contributed by atoms with van der Waals surface area (Å²) in [5.41, 5.74) is 1.06. The number of anilines is 1. The second kappa shape index (κ2) is 6.70. The molecule has 0 spiro atoms. The quantitative estimate of drug-likeness (QED) is 0.626. The van der Waals surface area contributed by atoms with Crippen molar-refractivity contribution in [3.63, 3.8) is 0 Å². The molecule has 1 aromatic heterocycles. The van der Waals surface area contributed by atoms with Gasteiger partial charge in [0.05, 0.1) is 29.4 Å². The highest BCUT2D eigenvalue weighted by Gasteiger charge is 2.28. The van der Waals surface area contributed by atoms with Crippen LogP contribution in [0.2, 0.25) is 0 Å². The van der Waals surface area contributed by atoms with E-state index in [1.54, 1.807) is 6.20 Å². The Balaban J connectivity index is 1.65. The fourth-order valence-electron chi connectivity index (χ4n) is 2.68. The van der Waals surface area contributed by atoms with Crippen molar-refractivity contribution in [1.29, 1.82) is 0 Å². The predicted molar refractivity (Wildman–Crippen MR) is 82.7 cm³/mol. The van der Waals surface area contributed by atoms with E-state index in [1.807, 2.05) is 23.1 Å². The lowest BCUT2D eigenvalue weighted by molar-refractivity contribution is -0.384. The summed E-state index contributed by atoms with van der Waals surface area (Å²) in [5.74, 6) is -0.609. The number of hydrogen-bond acceptors (Lipinski definition) is 5. The van der Waals surface area contributed by atoms with Crippen LogP contribution in [0.3, 0.4) is 0 Å². The maximum Gasteiger partial charge on any atom is 0.295 e. The molecule has 0 aliphatic carbocycles. The van der Waals surface area contributed by atoms with Crippen LogP contribution in [0.25, 0.3) is 0 Å². The zero-order chi connectivity index (χ0) is 16.2. The van der Waals surface area contributed by atoms with Crippen molar-refractivity contribution in [3.05, 3.63) is 64.2 Å². The number of pyridine rings is 1. The van der Waals surface area contributed by atoms with E-state index in [2.05, 4.69) is 4.98 Å². The Bertz CT molecular complexity index is 696. The number of nitro groups is 1. The number of nitrogens with zero attached hydrogens (tertiary/aromatic N) is 3. The minimum absolute atomic E-state index is 0.0262. The maximum absolute atomic E-state index is 13.2. The minimum atomic E-state index is -0.609. The molecule has 0 bridgehead atoms. The predicted octanol–water partition coefficient (Wildman–Crippen LogP) is 2.92. The zero-order valence-corrected chi connectivity index (χ0v) is 12.4. The largest absolute Gasteiger partial charge is 0.370 e. The molecule has 1 unspecified atom stereocenters. The van der Waals surface area contributed by atoms with Crippen LogP contribution in [0.5, 0.6) is 0 Å². The smallest absolute Gasteiger partial charge is 0.295 e. The standard InChI is InChI=1S/C16H16FN3O3/c17-12-4-5-15(16(9-12)20(21)22)19-8-6-14(10-19)23-11-13-3-1-2-7-18-13/h1-5,7,9,14H,6,8,10-11H2. The topological polar surface area (TPSA) is 68.5 Å². The average Bonchev–Trinajstić information content (AvgIpc) is 3.02. The fraction of sp³-hybridized carbons (Fsp3) is 0.312. The molecule has 0 saturated carbocycles. The number of halogens is 1. The van der Waals surface area contributed by atoms with Gasteiger partial charge in [-0.25, -0.2) is 4.39 Å². The summed E-state index contributed by atoms with van der Waals surface area (Å²) >= 11 is 0. The SMILES string of the molecule is O=[N+]([O-])c1cc(F)ccc1N1CCC(OCc2ccccn2)C1. The Labute approximate surface area is 132 Å². The first-order chi connectivity index (χ1) is 11.1. The van der Waals surface area contributed by atoms with Gasteiger partial charge in [-0.05, 0) is 30.7 Å². The Morgan fingerprint density at radius 3 is 3.00 bits per heavy atom. The molecular formula is C16H16FN3O3. The van der Waals surface area contributed by atoms with E-state index in [0.29, 0.717) is 25.4 Å². The summed E-state index contributed by atoms with van der Waals surface area (Å²) in [4.78, 5) is 16.6. The summed E-state index contributed by atoms with van der Waals surface area (Å²) < 4.78 is 19.0. The van der Waals surface area contributed by atoms with Crippen molar-refractivity contribution >= 4 is 11.4 Å². The van der Waals surface area contributed by atoms with Crippen LogP contribution in [-0.2, 0) is 11.3 Å². The number of benzene rings is 1. The number of nitro benzene ring substituents is 1. The van der Waals surface area contributed by atoms with Crippen LogP contribution < -0.4 is 4.90 Å². The summed E-state index contributed by atoms with van der Waals surface area (Å²) in [7, 11) is 0. The summed E-state index contributed by atoms with van der Waals surface area (Å²) in [5, 5.41) is 11.1. The fourth-order valence-corrected chi connectivity index (χ4v) is 2.68. The van der Waals surface area contributed by atoms with Gasteiger partial charge in [-0.15, -0.1) is 0 Å². The average molecular weight is 317 g/mol. The third kappa shape index (κ3) is 3.62. The van der Waals surface area contributed by atoms with Gasteiger partial charge in [0.1, 0.15) is 11.5 Å². The molecule has 1 aliphatic rings. The highest BCUT2D eigenvalue weighted by Crippen LogP contribution is 2.32. The van der Waals surface area contributed by atoms with Crippen molar-refractivity contribution in [1.82, 2.24) is 4.98 Å². The van der Waals surface area contributed by atoms with Gasteiger partial charge in [-0.3, -0.25) is 15.1 Å². The molecule has 1 atom stereocenters. The first-order valence-electron chi connectivity index (χ1n) is 7.34. The van der Waals surface area contributed by atoms with E-state index in [0.717, 1.165) is 18.2 Å². The lowest BCUT2D eigenvalue weighted by Crippen LogP contribution is -2.23. The highest BCUT2D eigenvalue weighted by molar-refractivity contribution is 5.63. The molecule has 1 aliphatic heterocycles. The molecule has 6 nitrogen and oxygen atoms in total. The molecule has 23 heavy (non-hydrogen) atoms. The lowest BCUT2D eigenvalue weighted by Gasteiger charge is -2.18. The molecule has 1 saturated heterocycles. The van der Waals surface area contributed by atoms with Crippen molar-refractivity contribution in [2.24, 2.45) is 0 Å². The Morgan fingerprint density at radius 2 is 2.26 bits per heavy atom. The summed E-state index contributed by atoms with van der Waals surface area (Å²) in [6, 6.07) is 9.27. The van der Waals surface area contributed by atoms with Gasteiger partial charge >= 0.3 is 0 Å². The molecular weight excluding hydrogens is 301 g/mol. The van der Waals surface area contributed by atoms with Gasteiger partial charge in [0.25, 0.3) is 5.69 Å². The van der Waals surface area contributed by atoms with Crippen molar-refractivity contribution in [2.75, 3.05) is 18.0 Å². The van der Waals surface area contributed by atoms with Crippen LogP contribution >= 0.6 is 0 Å². The van der Waals surface area contributed by atoms with E-state index >= 15 is 0 Å². The lowest BCUT2D eigenvalue weighted by atomic mass is 10.2. The highest BCUT2D eigenvalue weighted by atomic mass is 19.1. The maximum atomic E-state index is 13.2. The van der Waals surface area contributed by atoms with Gasteiger partial charge < -0.3 is 9.64 Å². The van der Waals surface area contributed by atoms with Crippen LogP contribution in [0.1, 0.15) is 12.1 Å². The summed E-state index contributed by atoms with van der Waals surface area (Å²) in [6.07, 6.45) is 2.45. The molecule has 0 amide bonds. The Morgan fingerprint density at radius 1 is 1.39 bits per heavy atom. The van der Waals surface area contributed by atoms with Gasteiger partial charge in [0.15, 0.2) is 0 Å². The molecule has 2 aromatic rings. The van der Waals surface area contributed by atoms with Crippen molar-refractivity contribution in [3.8, 4) is 0 Å². The first-order valence-corrected chi connectivity index (χ1v) is 7.34. The minimum Gasteiger partial charge on any atom is -0.370 e. The number of rotatable bonds is 5. The Kier molecular flexibility index (Phi) is 4.47. The van der Waals surface area contributed by atoms with Crippen LogP contribution in [0, 0.1) is 15.9 Å². The van der Waals surface area contributed by atoms with E-state index in [1.165, 1.54) is 12.1 Å². The third-order valence-corrected chi connectivity index (χ3v) is 3.81. The molecule has 1 fully saturated rings. The molecule has 3 rings (SSSR count). The second-order valence-corrected chi connectivity index (χ2v) is 5.38. The molecule has 120 valence electrons. The second-order valence-electron chi connectivity index (χ2n) is 5.38. The molecule has 0 radical (unpaired) electrons. The normalized spacial score (nSPS) is 17.4. The van der Waals surface area contributed by atoms with Gasteiger partial charge in [0, 0.05) is 19.3 Å². The van der Waals surface area contributed by atoms with Gasteiger partial charge in [0.2, 0.25) is 0 Å². The third-order valence-electron chi connectivity index (χ3n) is 3.81. The molecule has 2 heterocycles.